The van der Waals surface area contributed by atoms with Crippen LogP contribution in [0, 0.1) is 0 Å². The van der Waals surface area contributed by atoms with Gasteiger partial charge in [0.1, 0.15) is 0 Å². The molecule has 0 bridgehead atoms. The number of hydrogen-bond acceptors (Lipinski definition) is 2. The smallest absolute Gasteiger partial charge is 0.0510 e. The molecule has 0 radical (unpaired) electrons. The highest BCUT2D eigenvalue weighted by molar-refractivity contribution is 6.31. The van der Waals surface area contributed by atoms with Gasteiger partial charge in [0.05, 0.1) is 5.69 Å². The van der Waals surface area contributed by atoms with E-state index >= 15 is 0 Å². The normalized spacial score (nSPS) is 17.2. The van der Waals surface area contributed by atoms with Gasteiger partial charge in [-0.2, -0.15) is 0 Å². The number of fused-ring (bicyclic) bond motifs is 1. The summed E-state index contributed by atoms with van der Waals surface area (Å²) in [6, 6.07) is 10.6. The predicted octanol–water partition coefficient (Wildman–Crippen LogP) is 3.92. The van der Waals surface area contributed by atoms with Crippen molar-refractivity contribution in [2.75, 3.05) is 6.54 Å². The van der Waals surface area contributed by atoms with Gasteiger partial charge >= 0.3 is 0 Å². The van der Waals surface area contributed by atoms with Gasteiger partial charge in [0, 0.05) is 23.7 Å². The molecule has 1 aromatic heterocycles. The predicted molar refractivity (Wildman–Crippen MR) is 83.2 cm³/mol. The molecule has 1 heterocycles. The summed E-state index contributed by atoms with van der Waals surface area (Å²) in [4.78, 5) is 4.56. The lowest BCUT2D eigenvalue weighted by Gasteiger charge is -2.14. The number of halogens is 1. The number of benzene rings is 1. The molecule has 2 aromatic rings. The zero-order valence-electron chi connectivity index (χ0n) is 11.7. The molecule has 104 valence electrons. The van der Waals surface area contributed by atoms with Gasteiger partial charge in [0.25, 0.3) is 0 Å². The van der Waals surface area contributed by atoms with Crippen LogP contribution in [0.25, 0.3) is 0 Å². The molecule has 2 nitrogen and oxygen atoms in total. The second-order valence-electron chi connectivity index (χ2n) is 5.28. The topological polar surface area (TPSA) is 24.9 Å². The van der Waals surface area contributed by atoms with Crippen molar-refractivity contribution < 1.29 is 0 Å². The Morgan fingerprint density at radius 1 is 1.35 bits per heavy atom. The quantitative estimate of drug-likeness (QED) is 0.921. The van der Waals surface area contributed by atoms with E-state index in [9.17, 15) is 0 Å². The van der Waals surface area contributed by atoms with Crippen molar-refractivity contribution in [3.63, 3.8) is 0 Å². The number of hydrogen-bond donors (Lipinski definition) is 1. The third kappa shape index (κ3) is 2.58. The van der Waals surface area contributed by atoms with Crippen LogP contribution in [0.5, 0.6) is 0 Å². The van der Waals surface area contributed by atoms with E-state index in [1.807, 2.05) is 12.3 Å². The Balaban J connectivity index is 1.88. The average molecular weight is 287 g/mol. The third-order valence-electron chi connectivity index (χ3n) is 3.98. The summed E-state index contributed by atoms with van der Waals surface area (Å²) in [5.74, 6) is 0.354. The highest BCUT2D eigenvalue weighted by atomic mass is 35.5. The molecule has 0 amide bonds. The standard InChI is InChI=1S/C17H19ClN2/c1-2-19-11-12-5-7-14(16(18)10-12)15-8-6-13-4-3-9-20-17(13)15/h3-5,7,9-10,15,19H,2,6,8,11H2,1H3. The number of pyridine rings is 1. The fourth-order valence-electron chi connectivity index (χ4n) is 2.95. The summed E-state index contributed by atoms with van der Waals surface area (Å²) in [7, 11) is 0. The lowest BCUT2D eigenvalue weighted by atomic mass is 9.95. The van der Waals surface area contributed by atoms with Gasteiger partial charge in [-0.15, -0.1) is 0 Å². The van der Waals surface area contributed by atoms with Crippen LogP contribution in [-0.4, -0.2) is 11.5 Å². The van der Waals surface area contributed by atoms with Crippen molar-refractivity contribution in [1.29, 1.82) is 0 Å². The van der Waals surface area contributed by atoms with E-state index < -0.39 is 0 Å². The van der Waals surface area contributed by atoms with Crippen LogP contribution in [0.2, 0.25) is 5.02 Å². The Labute approximate surface area is 125 Å². The van der Waals surface area contributed by atoms with Crippen molar-refractivity contribution in [2.45, 2.75) is 32.2 Å². The Bertz CT molecular complexity index is 610. The first-order valence-corrected chi connectivity index (χ1v) is 7.60. The zero-order chi connectivity index (χ0) is 13.9. The van der Waals surface area contributed by atoms with Gasteiger partial charge < -0.3 is 5.32 Å². The maximum atomic E-state index is 6.50. The second kappa shape index (κ2) is 5.94. The summed E-state index contributed by atoms with van der Waals surface area (Å²) in [5.41, 5.74) is 5.02. The van der Waals surface area contributed by atoms with E-state index in [2.05, 4.69) is 41.5 Å². The first-order chi connectivity index (χ1) is 9.79. The summed E-state index contributed by atoms with van der Waals surface area (Å²) < 4.78 is 0. The second-order valence-corrected chi connectivity index (χ2v) is 5.68. The van der Waals surface area contributed by atoms with Crippen molar-refractivity contribution in [1.82, 2.24) is 10.3 Å². The number of aromatic nitrogens is 1. The van der Waals surface area contributed by atoms with Gasteiger partial charge in [-0.3, -0.25) is 4.98 Å². The fourth-order valence-corrected chi connectivity index (χ4v) is 3.28. The van der Waals surface area contributed by atoms with Gasteiger partial charge in [0.2, 0.25) is 0 Å². The number of nitrogens with one attached hydrogen (secondary N) is 1. The van der Waals surface area contributed by atoms with Crippen LogP contribution in [0.15, 0.2) is 36.5 Å². The maximum Gasteiger partial charge on any atom is 0.0510 e. The van der Waals surface area contributed by atoms with Crippen LogP contribution in [0.1, 0.15) is 41.6 Å². The van der Waals surface area contributed by atoms with E-state index in [0.717, 1.165) is 31.0 Å². The molecule has 0 saturated carbocycles. The van der Waals surface area contributed by atoms with Crippen LogP contribution in [0.3, 0.4) is 0 Å². The van der Waals surface area contributed by atoms with E-state index in [0.29, 0.717) is 5.92 Å². The number of aryl methyl sites for hydroxylation is 1. The van der Waals surface area contributed by atoms with Gasteiger partial charge in [-0.1, -0.05) is 36.7 Å². The molecule has 1 atom stereocenters. The Morgan fingerprint density at radius 3 is 3.05 bits per heavy atom. The molecule has 1 unspecified atom stereocenters. The van der Waals surface area contributed by atoms with Crippen LogP contribution in [-0.2, 0) is 13.0 Å². The molecule has 1 N–H and O–H groups in total. The van der Waals surface area contributed by atoms with E-state index in [1.54, 1.807) is 0 Å². The lowest BCUT2D eigenvalue weighted by molar-refractivity contribution is 0.724. The monoisotopic (exact) mass is 286 g/mol. The Kier molecular flexibility index (Phi) is 4.04. The first-order valence-electron chi connectivity index (χ1n) is 7.22. The summed E-state index contributed by atoms with van der Waals surface area (Å²) in [5, 5.41) is 4.19. The van der Waals surface area contributed by atoms with Crippen LogP contribution < -0.4 is 5.32 Å². The molecular formula is C17H19ClN2. The van der Waals surface area contributed by atoms with Crippen molar-refractivity contribution in [3.05, 3.63) is 63.9 Å². The van der Waals surface area contributed by atoms with Crippen molar-refractivity contribution in [3.8, 4) is 0 Å². The minimum absolute atomic E-state index is 0.354. The summed E-state index contributed by atoms with van der Waals surface area (Å²) in [6.07, 6.45) is 4.09. The summed E-state index contributed by atoms with van der Waals surface area (Å²) >= 11 is 6.50. The minimum Gasteiger partial charge on any atom is -0.313 e. The van der Waals surface area contributed by atoms with Gasteiger partial charge in [-0.05, 0) is 48.2 Å². The van der Waals surface area contributed by atoms with E-state index in [4.69, 9.17) is 11.6 Å². The molecule has 1 aliphatic rings. The zero-order valence-corrected chi connectivity index (χ0v) is 12.5. The molecular weight excluding hydrogens is 268 g/mol. The Morgan fingerprint density at radius 2 is 2.25 bits per heavy atom. The highest BCUT2D eigenvalue weighted by Crippen LogP contribution is 2.39. The lowest BCUT2D eigenvalue weighted by Crippen LogP contribution is -2.11. The molecule has 0 fully saturated rings. The van der Waals surface area contributed by atoms with Gasteiger partial charge in [0.15, 0.2) is 0 Å². The highest BCUT2D eigenvalue weighted by Gasteiger charge is 2.26. The fraction of sp³-hybridized carbons (Fsp3) is 0.353. The number of nitrogens with zero attached hydrogens (tertiary/aromatic N) is 1. The molecule has 20 heavy (non-hydrogen) atoms. The third-order valence-corrected chi connectivity index (χ3v) is 4.31. The van der Waals surface area contributed by atoms with Crippen LogP contribution in [0.4, 0.5) is 0 Å². The molecule has 0 aliphatic heterocycles. The van der Waals surface area contributed by atoms with Crippen molar-refractivity contribution >= 4 is 11.6 Å². The average Bonchev–Trinajstić information content (AvgIpc) is 2.89. The molecule has 1 aromatic carbocycles. The van der Waals surface area contributed by atoms with Crippen molar-refractivity contribution in [2.24, 2.45) is 0 Å². The van der Waals surface area contributed by atoms with Crippen LogP contribution >= 0.6 is 11.6 Å². The number of rotatable bonds is 4. The first kappa shape index (κ1) is 13.6. The molecule has 3 heteroatoms. The largest absolute Gasteiger partial charge is 0.313 e. The SMILES string of the molecule is CCNCc1ccc(C2CCc3cccnc32)c(Cl)c1. The molecule has 0 spiro atoms. The van der Waals surface area contributed by atoms with Gasteiger partial charge in [-0.25, -0.2) is 0 Å². The van der Waals surface area contributed by atoms with E-state index in [1.165, 1.54) is 22.4 Å². The Hall–Kier alpha value is -1.38. The molecule has 0 saturated heterocycles. The summed E-state index contributed by atoms with van der Waals surface area (Å²) in [6.45, 7) is 3.95. The molecule has 1 aliphatic carbocycles. The minimum atomic E-state index is 0.354. The molecule has 3 rings (SSSR count). The maximum absolute atomic E-state index is 6.50. The van der Waals surface area contributed by atoms with E-state index in [-0.39, 0.29) is 0 Å².